The molecule has 3 heteroatoms. The van der Waals surface area contributed by atoms with E-state index in [1.54, 1.807) is 18.2 Å². The minimum atomic E-state index is -0.325. The van der Waals surface area contributed by atoms with Crippen LogP contribution < -0.4 is 10.1 Å². The molecule has 0 fully saturated rings. The summed E-state index contributed by atoms with van der Waals surface area (Å²) in [6.45, 7) is 1.18. The summed E-state index contributed by atoms with van der Waals surface area (Å²) in [5.41, 5.74) is 0. The molecule has 0 bridgehead atoms. The molecule has 0 aliphatic heterocycles. The van der Waals surface area contributed by atoms with E-state index in [-0.39, 0.29) is 5.82 Å². The van der Waals surface area contributed by atoms with Gasteiger partial charge < -0.3 is 10.1 Å². The molecule has 2 nitrogen and oxygen atoms in total. The van der Waals surface area contributed by atoms with E-state index >= 15 is 0 Å². The molecule has 0 aliphatic carbocycles. The van der Waals surface area contributed by atoms with Crippen LogP contribution in [0.1, 0.15) is 0 Å². The molecule has 0 saturated heterocycles. The van der Waals surface area contributed by atoms with Crippen molar-refractivity contribution in [2.75, 3.05) is 20.2 Å². The van der Waals surface area contributed by atoms with Gasteiger partial charge in [0, 0.05) is 6.54 Å². The fourth-order valence-corrected chi connectivity index (χ4v) is 0.969. The molecule has 76 valence electrons. The Morgan fingerprint density at radius 1 is 1.36 bits per heavy atom. The van der Waals surface area contributed by atoms with Gasteiger partial charge in [-0.05, 0) is 19.2 Å². The van der Waals surface area contributed by atoms with Crippen molar-refractivity contribution in [3.05, 3.63) is 42.2 Å². The summed E-state index contributed by atoms with van der Waals surface area (Å²) in [4.78, 5) is 0. The van der Waals surface area contributed by atoms with E-state index in [2.05, 4.69) is 5.32 Å². The summed E-state index contributed by atoms with van der Waals surface area (Å²) in [5.74, 6) is -0.0314. The van der Waals surface area contributed by atoms with Crippen molar-refractivity contribution in [2.24, 2.45) is 0 Å². The fourth-order valence-electron chi connectivity index (χ4n) is 0.969. The monoisotopic (exact) mass is 195 g/mol. The second kappa shape index (κ2) is 6.16. The molecule has 1 rings (SSSR count). The van der Waals surface area contributed by atoms with Crippen molar-refractivity contribution < 1.29 is 9.13 Å². The van der Waals surface area contributed by atoms with Crippen molar-refractivity contribution in [3.63, 3.8) is 0 Å². The number of hydrogen-bond acceptors (Lipinski definition) is 2. The number of likely N-dealkylation sites (N-methyl/N-ethyl adjacent to an activating group) is 1. The van der Waals surface area contributed by atoms with Gasteiger partial charge in [-0.1, -0.05) is 24.3 Å². The SMILES string of the molecule is CNCC=CCOc1ccccc1F. The molecule has 0 radical (unpaired) electrons. The van der Waals surface area contributed by atoms with Gasteiger partial charge in [0.15, 0.2) is 11.6 Å². The number of para-hydroxylation sites is 1. The molecule has 1 aromatic carbocycles. The largest absolute Gasteiger partial charge is 0.486 e. The first-order valence-electron chi connectivity index (χ1n) is 4.51. The third kappa shape index (κ3) is 3.58. The smallest absolute Gasteiger partial charge is 0.165 e. The first kappa shape index (κ1) is 10.7. The third-order valence-electron chi connectivity index (χ3n) is 1.66. The molecule has 14 heavy (non-hydrogen) atoms. The molecule has 0 aliphatic rings. The lowest BCUT2D eigenvalue weighted by Gasteiger charge is -2.03. The van der Waals surface area contributed by atoms with E-state index in [1.807, 2.05) is 19.2 Å². The average Bonchev–Trinajstić information content (AvgIpc) is 2.20. The van der Waals surface area contributed by atoms with Crippen LogP contribution in [0.4, 0.5) is 4.39 Å². The number of hydrogen-bond donors (Lipinski definition) is 1. The highest BCUT2D eigenvalue weighted by Crippen LogP contribution is 2.14. The molecule has 0 saturated carbocycles. The van der Waals surface area contributed by atoms with Gasteiger partial charge in [-0.3, -0.25) is 0 Å². The molecular formula is C11H14FNO. The van der Waals surface area contributed by atoms with Crippen LogP contribution in [-0.2, 0) is 0 Å². The zero-order valence-electron chi connectivity index (χ0n) is 8.16. The summed E-state index contributed by atoms with van der Waals surface area (Å²) in [6, 6.07) is 6.38. The maximum absolute atomic E-state index is 13.0. The van der Waals surface area contributed by atoms with Gasteiger partial charge in [-0.15, -0.1) is 0 Å². The standard InChI is InChI=1S/C11H14FNO/c1-13-8-4-5-9-14-11-7-3-2-6-10(11)12/h2-7,13H,8-9H2,1H3. The molecule has 0 atom stereocenters. The van der Waals surface area contributed by atoms with Crippen LogP contribution in [0.15, 0.2) is 36.4 Å². The van der Waals surface area contributed by atoms with E-state index < -0.39 is 0 Å². The Hall–Kier alpha value is -1.35. The predicted molar refractivity (Wildman–Crippen MR) is 55.0 cm³/mol. The number of rotatable bonds is 5. The summed E-state index contributed by atoms with van der Waals surface area (Å²) in [6.07, 6.45) is 3.78. The highest BCUT2D eigenvalue weighted by molar-refractivity contribution is 5.23. The normalized spacial score (nSPS) is 10.7. The lowest BCUT2D eigenvalue weighted by Crippen LogP contribution is -2.04. The summed E-state index contributed by atoms with van der Waals surface area (Å²) < 4.78 is 18.2. The van der Waals surface area contributed by atoms with Crippen LogP contribution in [0.5, 0.6) is 5.75 Å². The average molecular weight is 195 g/mol. The second-order valence-corrected chi connectivity index (χ2v) is 2.77. The molecule has 0 unspecified atom stereocenters. The predicted octanol–water partition coefficient (Wildman–Crippen LogP) is 1.98. The number of benzene rings is 1. The Bertz CT molecular complexity index is 299. The van der Waals surface area contributed by atoms with E-state index in [0.717, 1.165) is 6.54 Å². The fraction of sp³-hybridized carbons (Fsp3) is 0.273. The zero-order valence-corrected chi connectivity index (χ0v) is 8.16. The Morgan fingerprint density at radius 2 is 2.14 bits per heavy atom. The number of ether oxygens (including phenoxy) is 1. The summed E-state index contributed by atoms with van der Waals surface area (Å²) in [5, 5.41) is 2.96. The maximum Gasteiger partial charge on any atom is 0.165 e. The lowest BCUT2D eigenvalue weighted by molar-refractivity contribution is 0.341. The van der Waals surface area contributed by atoms with E-state index in [9.17, 15) is 4.39 Å². The Balaban J connectivity index is 2.35. The molecule has 0 spiro atoms. The second-order valence-electron chi connectivity index (χ2n) is 2.77. The number of nitrogens with one attached hydrogen (secondary N) is 1. The van der Waals surface area contributed by atoms with Gasteiger partial charge >= 0.3 is 0 Å². The zero-order chi connectivity index (χ0) is 10.2. The summed E-state index contributed by atoms with van der Waals surface area (Å²) in [7, 11) is 1.86. The van der Waals surface area contributed by atoms with E-state index in [4.69, 9.17) is 4.74 Å². The molecule has 0 amide bonds. The Kier molecular flexibility index (Phi) is 4.72. The summed E-state index contributed by atoms with van der Waals surface area (Å²) >= 11 is 0. The number of halogens is 1. The van der Waals surface area contributed by atoms with Crippen LogP contribution in [0.25, 0.3) is 0 Å². The van der Waals surface area contributed by atoms with Crippen molar-refractivity contribution >= 4 is 0 Å². The molecule has 1 aromatic rings. The molecule has 0 aromatic heterocycles. The van der Waals surface area contributed by atoms with Crippen molar-refractivity contribution in [1.82, 2.24) is 5.32 Å². The highest BCUT2D eigenvalue weighted by atomic mass is 19.1. The van der Waals surface area contributed by atoms with Crippen molar-refractivity contribution in [2.45, 2.75) is 0 Å². The third-order valence-corrected chi connectivity index (χ3v) is 1.66. The Labute approximate surface area is 83.4 Å². The van der Waals surface area contributed by atoms with Gasteiger partial charge in [0.05, 0.1) is 0 Å². The van der Waals surface area contributed by atoms with Gasteiger partial charge in [-0.2, -0.15) is 0 Å². The van der Waals surface area contributed by atoms with Crippen molar-refractivity contribution in [3.8, 4) is 5.75 Å². The van der Waals surface area contributed by atoms with E-state index in [0.29, 0.717) is 12.4 Å². The van der Waals surface area contributed by atoms with Crippen LogP contribution in [0.2, 0.25) is 0 Å². The molecular weight excluding hydrogens is 181 g/mol. The minimum Gasteiger partial charge on any atom is -0.486 e. The van der Waals surface area contributed by atoms with Crippen LogP contribution >= 0.6 is 0 Å². The topological polar surface area (TPSA) is 21.3 Å². The van der Waals surface area contributed by atoms with Crippen molar-refractivity contribution in [1.29, 1.82) is 0 Å². The van der Waals surface area contributed by atoms with Gasteiger partial charge in [0.2, 0.25) is 0 Å². The maximum atomic E-state index is 13.0. The Morgan fingerprint density at radius 3 is 2.86 bits per heavy atom. The van der Waals surface area contributed by atoms with Crippen LogP contribution in [0.3, 0.4) is 0 Å². The van der Waals surface area contributed by atoms with Gasteiger partial charge in [-0.25, -0.2) is 4.39 Å². The van der Waals surface area contributed by atoms with Crippen LogP contribution in [-0.4, -0.2) is 20.2 Å². The van der Waals surface area contributed by atoms with E-state index in [1.165, 1.54) is 6.07 Å². The van der Waals surface area contributed by atoms with Gasteiger partial charge in [0.1, 0.15) is 6.61 Å². The molecule has 1 N–H and O–H groups in total. The minimum absolute atomic E-state index is 0.293. The van der Waals surface area contributed by atoms with Crippen LogP contribution in [0, 0.1) is 5.82 Å². The first-order valence-corrected chi connectivity index (χ1v) is 4.51. The molecule has 0 heterocycles. The van der Waals surface area contributed by atoms with Gasteiger partial charge in [0.25, 0.3) is 0 Å². The lowest BCUT2D eigenvalue weighted by atomic mass is 10.3. The highest BCUT2D eigenvalue weighted by Gasteiger charge is 1.98. The first-order chi connectivity index (χ1) is 6.84. The quantitative estimate of drug-likeness (QED) is 0.725.